The Labute approximate surface area is 111 Å². The first kappa shape index (κ1) is 13.4. The van der Waals surface area contributed by atoms with Crippen molar-refractivity contribution in [3.8, 4) is 5.75 Å². The van der Waals surface area contributed by atoms with Gasteiger partial charge in [0.15, 0.2) is 0 Å². The Morgan fingerprint density at radius 3 is 2.44 bits per heavy atom. The van der Waals surface area contributed by atoms with Crippen LogP contribution >= 0.6 is 0 Å². The van der Waals surface area contributed by atoms with Gasteiger partial charge in [0.1, 0.15) is 5.75 Å². The van der Waals surface area contributed by atoms with Gasteiger partial charge in [-0.1, -0.05) is 26.0 Å². The minimum absolute atomic E-state index is 0.469. The van der Waals surface area contributed by atoms with Crippen LogP contribution in [0.25, 0.3) is 0 Å². The summed E-state index contributed by atoms with van der Waals surface area (Å²) < 4.78 is 5.88. The van der Waals surface area contributed by atoms with Gasteiger partial charge in [-0.05, 0) is 56.3 Å². The molecule has 1 unspecified atom stereocenters. The fourth-order valence-corrected chi connectivity index (χ4v) is 2.28. The molecule has 100 valence electrons. The first-order valence-corrected chi connectivity index (χ1v) is 7.33. The van der Waals surface area contributed by atoms with E-state index in [-0.39, 0.29) is 0 Å². The maximum Gasteiger partial charge on any atom is 0.119 e. The van der Waals surface area contributed by atoms with Crippen LogP contribution in [0, 0.1) is 0 Å². The van der Waals surface area contributed by atoms with Gasteiger partial charge in [-0.15, -0.1) is 0 Å². The topological polar surface area (TPSA) is 21.3 Å². The zero-order chi connectivity index (χ0) is 12.8. The minimum Gasteiger partial charge on any atom is -0.490 e. The second-order valence-electron chi connectivity index (χ2n) is 5.15. The van der Waals surface area contributed by atoms with Crippen molar-refractivity contribution < 1.29 is 4.74 Å². The van der Waals surface area contributed by atoms with Crippen molar-refractivity contribution in [2.45, 2.75) is 58.1 Å². The SMILES string of the molecule is CCCNC(CC)c1ccc(OC2CCC2)cc1. The van der Waals surface area contributed by atoms with Crippen LogP contribution in [-0.2, 0) is 0 Å². The molecule has 0 aromatic heterocycles. The molecule has 0 spiro atoms. The maximum absolute atomic E-state index is 5.88. The number of hydrogen-bond donors (Lipinski definition) is 1. The molecular weight excluding hydrogens is 222 g/mol. The van der Waals surface area contributed by atoms with Crippen molar-refractivity contribution >= 4 is 0 Å². The van der Waals surface area contributed by atoms with Crippen molar-refractivity contribution in [3.63, 3.8) is 0 Å². The van der Waals surface area contributed by atoms with E-state index in [2.05, 4.69) is 43.4 Å². The van der Waals surface area contributed by atoms with Crippen LogP contribution in [0.2, 0.25) is 0 Å². The third-order valence-corrected chi connectivity index (χ3v) is 3.69. The lowest BCUT2D eigenvalue weighted by Crippen LogP contribution is -2.24. The van der Waals surface area contributed by atoms with E-state index < -0.39 is 0 Å². The summed E-state index contributed by atoms with van der Waals surface area (Å²) in [6.07, 6.45) is 6.54. The first-order chi connectivity index (χ1) is 8.83. The van der Waals surface area contributed by atoms with Gasteiger partial charge in [0, 0.05) is 6.04 Å². The van der Waals surface area contributed by atoms with Crippen LogP contribution in [0.3, 0.4) is 0 Å². The van der Waals surface area contributed by atoms with Gasteiger partial charge < -0.3 is 10.1 Å². The van der Waals surface area contributed by atoms with Crippen molar-refractivity contribution in [1.29, 1.82) is 0 Å². The highest BCUT2D eigenvalue weighted by Gasteiger charge is 2.19. The summed E-state index contributed by atoms with van der Waals surface area (Å²) in [5.41, 5.74) is 1.37. The van der Waals surface area contributed by atoms with Gasteiger partial charge in [-0.25, -0.2) is 0 Å². The van der Waals surface area contributed by atoms with Crippen molar-refractivity contribution in [2.24, 2.45) is 0 Å². The zero-order valence-electron chi connectivity index (χ0n) is 11.6. The quantitative estimate of drug-likeness (QED) is 0.784. The minimum atomic E-state index is 0.469. The molecule has 0 saturated heterocycles. The number of hydrogen-bond acceptors (Lipinski definition) is 2. The standard InChI is InChI=1S/C16H25NO/c1-3-12-17-16(4-2)13-8-10-15(11-9-13)18-14-6-5-7-14/h8-11,14,16-17H,3-7,12H2,1-2H3. The fraction of sp³-hybridized carbons (Fsp3) is 0.625. The van der Waals surface area contributed by atoms with Gasteiger partial charge in [-0.2, -0.15) is 0 Å². The molecule has 2 nitrogen and oxygen atoms in total. The van der Waals surface area contributed by atoms with Gasteiger partial charge in [0.2, 0.25) is 0 Å². The lowest BCUT2D eigenvalue weighted by molar-refractivity contribution is 0.120. The van der Waals surface area contributed by atoms with Gasteiger partial charge in [-0.3, -0.25) is 0 Å². The summed E-state index contributed by atoms with van der Waals surface area (Å²) in [6.45, 7) is 5.51. The third-order valence-electron chi connectivity index (χ3n) is 3.69. The van der Waals surface area contributed by atoms with E-state index in [0.29, 0.717) is 12.1 Å². The van der Waals surface area contributed by atoms with E-state index in [1.54, 1.807) is 0 Å². The molecule has 2 heteroatoms. The van der Waals surface area contributed by atoms with Crippen LogP contribution in [0.1, 0.15) is 57.6 Å². The van der Waals surface area contributed by atoms with Crippen LogP contribution < -0.4 is 10.1 Å². The molecule has 0 amide bonds. The lowest BCUT2D eigenvalue weighted by Gasteiger charge is -2.26. The summed E-state index contributed by atoms with van der Waals surface area (Å²) in [7, 11) is 0. The number of benzene rings is 1. The summed E-state index contributed by atoms with van der Waals surface area (Å²) in [6, 6.07) is 9.10. The van der Waals surface area contributed by atoms with Crippen molar-refractivity contribution in [1.82, 2.24) is 5.32 Å². The van der Waals surface area contributed by atoms with Crippen LogP contribution in [0.4, 0.5) is 0 Å². The lowest BCUT2D eigenvalue weighted by atomic mass is 9.96. The van der Waals surface area contributed by atoms with E-state index in [0.717, 1.165) is 18.7 Å². The van der Waals surface area contributed by atoms with E-state index >= 15 is 0 Å². The predicted molar refractivity (Wildman–Crippen MR) is 76.0 cm³/mol. The first-order valence-electron chi connectivity index (χ1n) is 7.33. The molecule has 1 saturated carbocycles. The monoisotopic (exact) mass is 247 g/mol. The second-order valence-corrected chi connectivity index (χ2v) is 5.15. The molecule has 1 aromatic rings. The molecule has 1 aliphatic carbocycles. The van der Waals surface area contributed by atoms with Crippen LogP contribution in [0.5, 0.6) is 5.75 Å². The van der Waals surface area contributed by atoms with Crippen molar-refractivity contribution in [2.75, 3.05) is 6.54 Å². The number of nitrogens with one attached hydrogen (secondary N) is 1. The normalized spacial score (nSPS) is 17.2. The highest BCUT2D eigenvalue weighted by Crippen LogP contribution is 2.26. The van der Waals surface area contributed by atoms with Gasteiger partial charge in [0.25, 0.3) is 0 Å². The van der Waals surface area contributed by atoms with Crippen molar-refractivity contribution in [3.05, 3.63) is 29.8 Å². The second kappa shape index (κ2) is 6.79. The Balaban J connectivity index is 1.91. The van der Waals surface area contributed by atoms with Gasteiger partial charge in [0.05, 0.1) is 6.10 Å². The van der Waals surface area contributed by atoms with Crippen LogP contribution in [-0.4, -0.2) is 12.6 Å². The molecule has 0 aliphatic heterocycles. The Bertz CT molecular complexity index is 343. The van der Waals surface area contributed by atoms with E-state index in [1.807, 2.05) is 0 Å². The fourth-order valence-electron chi connectivity index (χ4n) is 2.28. The number of ether oxygens (including phenoxy) is 1. The largest absolute Gasteiger partial charge is 0.490 e. The van der Waals surface area contributed by atoms with Gasteiger partial charge >= 0.3 is 0 Å². The highest BCUT2D eigenvalue weighted by atomic mass is 16.5. The summed E-state index contributed by atoms with van der Waals surface area (Å²) in [5.74, 6) is 1.02. The van der Waals surface area contributed by atoms with E-state index in [4.69, 9.17) is 4.74 Å². The maximum atomic E-state index is 5.88. The predicted octanol–water partition coefficient (Wildman–Crippen LogP) is 4.07. The Morgan fingerprint density at radius 2 is 1.94 bits per heavy atom. The molecular formula is C16H25NO. The Hall–Kier alpha value is -1.02. The Kier molecular flexibility index (Phi) is 5.06. The molecule has 2 rings (SSSR count). The summed E-state index contributed by atoms with van der Waals surface area (Å²) >= 11 is 0. The molecule has 18 heavy (non-hydrogen) atoms. The molecule has 1 atom stereocenters. The average molecular weight is 247 g/mol. The number of rotatable bonds is 7. The third kappa shape index (κ3) is 3.49. The molecule has 0 radical (unpaired) electrons. The summed E-state index contributed by atoms with van der Waals surface area (Å²) in [4.78, 5) is 0. The molecule has 1 N–H and O–H groups in total. The molecule has 0 heterocycles. The zero-order valence-corrected chi connectivity index (χ0v) is 11.6. The molecule has 1 aromatic carbocycles. The average Bonchev–Trinajstić information content (AvgIpc) is 2.36. The highest BCUT2D eigenvalue weighted by molar-refractivity contribution is 5.29. The molecule has 1 aliphatic rings. The van der Waals surface area contributed by atoms with Crippen LogP contribution in [0.15, 0.2) is 24.3 Å². The van der Waals surface area contributed by atoms with E-state index in [9.17, 15) is 0 Å². The Morgan fingerprint density at radius 1 is 1.22 bits per heavy atom. The molecule has 0 bridgehead atoms. The summed E-state index contributed by atoms with van der Waals surface area (Å²) in [5, 5.41) is 3.58. The van der Waals surface area contributed by atoms with E-state index in [1.165, 1.54) is 31.2 Å². The molecule has 1 fully saturated rings. The smallest absolute Gasteiger partial charge is 0.119 e.